The van der Waals surface area contributed by atoms with E-state index in [2.05, 4.69) is 80.2 Å². The lowest BCUT2D eigenvalue weighted by Crippen LogP contribution is -2.41. The fraction of sp³-hybridized carbons (Fsp3) is 0.400. The Hall–Kier alpha value is -3.94. The molecule has 3 aromatic rings. The largest absolute Gasteiger partial charge is 0.369 e. The number of nitrogens with two attached hydrogens (primary N) is 2. The van der Waals surface area contributed by atoms with Crippen molar-refractivity contribution < 1.29 is 0 Å². The van der Waals surface area contributed by atoms with Gasteiger partial charge in [-0.15, -0.1) is 0 Å². The van der Waals surface area contributed by atoms with Crippen molar-refractivity contribution in [1.82, 2.24) is 21.7 Å². The maximum absolute atomic E-state index is 6.17. The first-order valence-electron chi connectivity index (χ1n) is 14.0. The van der Waals surface area contributed by atoms with E-state index in [9.17, 15) is 0 Å². The fourth-order valence-corrected chi connectivity index (χ4v) is 5.75. The summed E-state index contributed by atoms with van der Waals surface area (Å²) in [4.78, 5) is 9.30. The molecule has 0 atom stereocenters. The second-order valence-corrected chi connectivity index (χ2v) is 10.4. The summed E-state index contributed by atoms with van der Waals surface area (Å²) in [5.74, 6) is 0.851. The van der Waals surface area contributed by atoms with Crippen molar-refractivity contribution >= 4 is 45.9 Å². The summed E-state index contributed by atoms with van der Waals surface area (Å²) >= 11 is 0. The summed E-state index contributed by atoms with van der Waals surface area (Å²) in [6.45, 7) is 0. The van der Waals surface area contributed by atoms with Crippen LogP contribution in [0.4, 0.5) is 0 Å². The van der Waals surface area contributed by atoms with E-state index in [-0.39, 0.29) is 0 Å². The zero-order valence-electron chi connectivity index (χ0n) is 22.0. The Morgan fingerprint density at radius 3 is 1.26 bits per heavy atom. The molecule has 5 rings (SSSR count). The number of hydrazine groups is 2. The van der Waals surface area contributed by atoms with Gasteiger partial charge < -0.3 is 22.3 Å². The van der Waals surface area contributed by atoms with Gasteiger partial charge in [0.05, 0.1) is 12.1 Å². The van der Waals surface area contributed by atoms with E-state index >= 15 is 0 Å². The van der Waals surface area contributed by atoms with Crippen LogP contribution in [0, 0.1) is 0 Å². The van der Waals surface area contributed by atoms with E-state index in [1.165, 1.54) is 38.5 Å². The van der Waals surface area contributed by atoms with E-state index in [0.717, 1.165) is 57.7 Å². The lowest BCUT2D eigenvalue weighted by atomic mass is 9.96. The fourth-order valence-electron chi connectivity index (χ4n) is 5.75. The quantitative estimate of drug-likeness (QED) is 0.131. The van der Waals surface area contributed by atoms with Crippen molar-refractivity contribution in [2.24, 2.45) is 21.5 Å². The Labute approximate surface area is 224 Å². The molecule has 0 unspecified atom stereocenters. The predicted molar refractivity (Wildman–Crippen MR) is 159 cm³/mol. The van der Waals surface area contributed by atoms with E-state index in [0.29, 0.717) is 24.0 Å². The lowest BCUT2D eigenvalue weighted by molar-refractivity contribution is 0.441. The minimum atomic E-state index is 0.317. The van der Waals surface area contributed by atoms with Crippen molar-refractivity contribution in [1.29, 1.82) is 0 Å². The second-order valence-electron chi connectivity index (χ2n) is 10.4. The van der Waals surface area contributed by atoms with Gasteiger partial charge in [-0.1, -0.05) is 87.1 Å². The number of hydrogen-bond donors (Lipinski definition) is 6. The second kappa shape index (κ2) is 12.5. The first-order chi connectivity index (χ1) is 18.7. The number of hydrogen-bond acceptors (Lipinski definition) is 4. The number of nitrogens with one attached hydrogen (secondary N) is 4. The third-order valence-electron chi connectivity index (χ3n) is 7.64. The van der Waals surface area contributed by atoms with Gasteiger partial charge in [-0.3, -0.25) is 10.9 Å². The summed E-state index contributed by atoms with van der Waals surface area (Å²) in [6.07, 6.45) is 15.9. The molecule has 200 valence electrons. The van der Waals surface area contributed by atoms with Crippen molar-refractivity contribution in [2.75, 3.05) is 0 Å². The predicted octanol–water partition coefficient (Wildman–Crippen LogP) is 2.95. The van der Waals surface area contributed by atoms with Crippen LogP contribution >= 0.6 is 0 Å². The van der Waals surface area contributed by atoms with E-state index in [1.54, 1.807) is 0 Å². The third-order valence-corrected chi connectivity index (χ3v) is 7.64. The van der Waals surface area contributed by atoms with Gasteiger partial charge in [0.15, 0.2) is 0 Å². The normalized spacial score (nSPS) is 17.8. The highest BCUT2D eigenvalue weighted by Gasteiger charge is 2.13. The molecule has 0 bridgehead atoms. The highest BCUT2D eigenvalue weighted by molar-refractivity contribution is 6.00. The lowest BCUT2D eigenvalue weighted by Gasteiger charge is -2.18. The molecular weight excluding hydrogens is 472 g/mol. The van der Waals surface area contributed by atoms with E-state index in [1.807, 2.05) is 12.4 Å². The molecule has 0 heterocycles. The Bertz CT molecular complexity index is 1240. The Morgan fingerprint density at radius 1 is 0.579 bits per heavy atom. The average Bonchev–Trinajstić information content (AvgIpc) is 2.95. The highest BCUT2D eigenvalue weighted by atomic mass is 15.4. The average molecular weight is 513 g/mol. The standard InChI is InChI=1S/C30H40N8/c31-29(35-21-11-3-1-4-12-21)37-33-19-27-23-15-7-9-17-25(23)28(26-18-10-8-16-24(26)27)20-34-38-30(32)36-22-13-5-2-6-14-22/h7-10,15-22,33-34H,1-6,11-14H2,(H3,31,35,37)(H3,32,36,38). The number of aliphatic imine (C=N–C) groups is 2. The zero-order chi connectivity index (χ0) is 26.2. The molecule has 8 heteroatoms. The molecule has 2 saturated carbocycles. The summed E-state index contributed by atoms with van der Waals surface area (Å²) < 4.78 is 0. The van der Waals surface area contributed by atoms with E-state index < -0.39 is 0 Å². The third kappa shape index (κ3) is 6.30. The SMILES string of the molecule is NC(=NC1CCCCC1)NNC=c1c2ccccc2c(=CNNC(N)=NC2CCCCC2)c2ccccc12. The minimum Gasteiger partial charge on any atom is -0.369 e. The van der Waals surface area contributed by atoms with Gasteiger partial charge in [-0.05, 0) is 47.2 Å². The highest BCUT2D eigenvalue weighted by Crippen LogP contribution is 2.20. The van der Waals surface area contributed by atoms with Gasteiger partial charge in [0.25, 0.3) is 0 Å². The smallest absolute Gasteiger partial charge is 0.207 e. The molecule has 8 nitrogen and oxygen atoms in total. The van der Waals surface area contributed by atoms with Crippen LogP contribution in [0.25, 0.3) is 33.9 Å². The molecule has 2 aliphatic rings. The van der Waals surface area contributed by atoms with Crippen LogP contribution in [0.15, 0.2) is 58.5 Å². The molecule has 0 spiro atoms. The Balaban J connectivity index is 1.42. The van der Waals surface area contributed by atoms with E-state index in [4.69, 9.17) is 11.5 Å². The van der Waals surface area contributed by atoms with Gasteiger partial charge in [0.2, 0.25) is 11.9 Å². The maximum Gasteiger partial charge on any atom is 0.207 e. The summed E-state index contributed by atoms with van der Waals surface area (Å²) in [5, 5.41) is 6.66. The van der Waals surface area contributed by atoms with Gasteiger partial charge in [0, 0.05) is 22.8 Å². The van der Waals surface area contributed by atoms with Crippen LogP contribution in [0.1, 0.15) is 64.2 Å². The number of guanidine groups is 2. The Kier molecular flexibility index (Phi) is 8.48. The zero-order valence-corrected chi connectivity index (χ0v) is 22.0. The van der Waals surface area contributed by atoms with Crippen LogP contribution in [0.3, 0.4) is 0 Å². The molecular formula is C30H40N8. The number of benzene rings is 3. The maximum atomic E-state index is 6.17. The van der Waals surface area contributed by atoms with Gasteiger partial charge in [-0.2, -0.15) is 0 Å². The molecule has 2 fully saturated rings. The van der Waals surface area contributed by atoms with Gasteiger partial charge >= 0.3 is 0 Å². The van der Waals surface area contributed by atoms with Crippen LogP contribution in [-0.4, -0.2) is 24.0 Å². The molecule has 0 radical (unpaired) electrons. The monoisotopic (exact) mass is 512 g/mol. The van der Waals surface area contributed by atoms with Crippen molar-refractivity contribution in [3.8, 4) is 0 Å². The Morgan fingerprint density at radius 2 is 0.921 bits per heavy atom. The van der Waals surface area contributed by atoms with Gasteiger partial charge in [-0.25, -0.2) is 9.98 Å². The minimum absolute atomic E-state index is 0.317. The molecule has 0 aromatic heterocycles. The molecule has 0 saturated heterocycles. The van der Waals surface area contributed by atoms with Crippen LogP contribution < -0.4 is 43.6 Å². The molecule has 8 N–H and O–H groups in total. The summed E-state index contributed by atoms with van der Waals surface area (Å²) in [7, 11) is 0. The van der Waals surface area contributed by atoms with Crippen LogP contribution in [0.5, 0.6) is 0 Å². The molecule has 3 aromatic carbocycles. The molecule has 0 amide bonds. The van der Waals surface area contributed by atoms with Gasteiger partial charge in [0.1, 0.15) is 0 Å². The first kappa shape index (κ1) is 25.7. The molecule has 38 heavy (non-hydrogen) atoms. The number of rotatable bonds is 6. The molecule has 0 aliphatic heterocycles. The molecule has 2 aliphatic carbocycles. The van der Waals surface area contributed by atoms with Crippen LogP contribution in [0.2, 0.25) is 0 Å². The van der Waals surface area contributed by atoms with Crippen molar-refractivity contribution in [2.45, 2.75) is 76.3 Å². The van der Waals surface area contributed by atoms with Crippen LogP contribution in [-0.2, 0) is 0 Å². The van der Waals surface area contributed by atoms with Crippen molar-refractivity contribution in [3.05, 3.63) is 59.0 Å². The van der Waals surface area contributed by atoms with Crippen molar-refractivity contribution in [3.63, 3.8) is 0 Å². The number of fused-ring (bicyclic) bond motifs is 2. The summed E-state index contributed by atoms with van der Waals surface area (Å²) in [6, 6.07) is 17.4. The topological polar surface area (TPSA) is 125 Å². The summed E-state index contributed by atoms with van der Waals surface area (Å²) in [5.41, 5.74) is 24.9. The number of nitrogens with zero attached hydrogens (tertiary/aromatic N) is 2. The first-order valence-corrected chi connectivity index (χ1v) is 14.0.